The highest BCUT2D eigenvalue weighted by atomic mass is 16.6. The Bertz CT molecular complexity index is 821. The molecular weight excluding hydrogens is 336 g/mol. The zero-order valence-electron chi connectivity index (χ0n) is 16.4. The van der Waals surface area contributed by atoms with E-state index in [0.29, 0.717) is 18.2 Å². The average Bonchev–Trinajstić information content (AvgIpc) is 3.49. The molecule has 1 saturated carbocycles. The highest BCUT2D eigenvalue weighted by Gasteiger charge is 2.24. The van der Waals surface area contributed by atoms with Gasteiger partial charge in [-0.25, -0.2) is 0 Å². The number of hydrogen-bond donors (Lipinski definition) is 1. The number of carbonyl (C=O) groups excluding carboxylic acids is 1. The number of unbranched alkanes of at least 4 members (excludes halogenated alkanes) is 1. The molecule has 1 aliphatic rings. The molecule has 0 radical (unpaired) electrons. The van der Waals surface area contributed by atoms with Crippen LogP contribution in [-0.2, 0) is 4.84 Å². The SMILES string of the molecule is CCCCON=C(C)c1ccc(-c2cc(C(=O)NC3CC3)ccc2C)cc1. The number of amides is 1. The van der Waals surface area contributed by atoms with Gasteiger partial charge in [-0.05, 0) is 67.5 Å². The van der Waals surface area contributed by atoms with E-state index in [1.54, 1.807) is 0 Å². The third-order valence-electron chi connectivity index (χ3n) is 4.82. The molecule has 0 aliphatic heterocycles. The van der Waals surface area contributed by atoms with Crippen LogP contribution in [0.15, 0.2) is 47.6 Å². The van der Waals surface area contributed by atoms with E-state index in [-0.39, 0.29) is 5.91 Å². The highest BCUT2D eigenvalue weighted by molar-refractivity contribution is 5.99. The lowest BCUT2D eigenvalue weighted by Gasteiger charge is -2.10. The van der Waals surface area contributed by atoms with Crippen LogP contribution >= 0.6 is 0 Å². The molecular formula is C23H28N2O2. The first-order chi connectivity index (χ1) is 13.1. The second kappa shape index (κ2) is 8.85. The van der Waals surface area contributed by atoms with E-state index >= 15 is 0 Å². The summed E-state index contributed by atoms with van der Waals surface area (Å²) in [5.74, 6) is 0.0163. The van der Waals surface area contributed by atoms with Crippen LogP contribution in [-0.4, -0.2) is 24.3 Å². The predicted octanol–water partition coefficient (Wildman–Crippen LogP) is 5.09. The van der Waals surface area contributed by atoms with Gasteiger partial charge in [-0.15, -0.1) is 0 Å². The van der Waals surface area contributed by atoms with Gasteiger partial charge in [0, 0.05) is 11.6 Å². The van der Waals surface area contributed by atoms with Crippen molar-refractivity contribution in [2.45, 2.75) is 52.5 Å². The number of nitrogens with one attached hydrogen (secondary N) is 1. The molecule has 27 heavy (non-hydrogen) atoms. The van der Waals surface area contributed by atoms with Crippen molar-refractivity contribution < 1.29 is 9.63 Å². The van der Waals surface area contributed by atoms with Gasteiger partial charge in [0.1, 0.15) is 6.61 Å². The minimum Gasteiger partial charge on any atom is -0.396 e. The summed E-state index contributed by atoms with van der Waals surface area (Å²) in [5, 5.41) is 7.24. The summed E-state index contributed by atoms with van der Waals surface area (Å²) in [4.78, 5) is 17.7. The first kappa shape index (κ1) is 19.2. The van der Waals surface area contributed by atoms with Crippen molar-refractivity contribution in [3.05, 3.63) is 59.2 Å². The summed E-state index contributed by atoms with van der Waals surface area (Å²) in [6.07, 6.45) is 4.30. The monoisotopic (exact) mass is 364 g/mol. The number of carbonyl (C=O) groups is 1. The molecule has 0 atom stereocenters. The molecule has 1 N–H and O–H groups in total. The van der Waals surface area contributed by atoms with Crippen molar-refractivity contribution in [1.82, 2.24) is 5.32 Å². The van der Waals surface area contributed by atoms with Crippen LogP contribution in [0.5, 0.6) is 0 Å². The van der Waals surface area contributed by atoms with Crippen LogP contribution in [0.25, 0.3) is 11.1 Å². The minimum atomic E-state index is 0.0163. The van der Waals surface area contributed by atoms with Crippen LogP contribution in [0.2, 0.25) is 0 Å². The summed E-state index contributed by atoms with van der Waals surface area (Å²) in [6.45, 7) is 6.81. The normalized spacial score (nSPS) is 14.1. The lowest BCUT2D eigenvalue weighted by molar-refractivity contribution is 0.0951. The fourth-order valence-corrected chi connectivity index (χ4v) is 2.87. The third kappa shape index (κ3) is 5.19. The molecule has 0 aromatic heterocycles. The largest absolute Gasteiger partial charge is 0.396 e. The molecule has 4 nitrogen and oxygen atoms in total. The van der Waals surface area contributed by atoms with Crippen molar-refractivity contribution in [3.63, 3.8) is 0 Å². The zero-order chi connectivity index (χ0) is 19.2. The van der Waals surface area contributed by atoms with Crippen LogP contribution < -0.4 is 5.32 Å². The molecule has 1 fully saturated rings. The van der Waals surface area contributed by atoms with Crippen molar-refractivity contribution in [1.29, 1.82) is 0 Å². The van der Waals surface area contributed by atoms with Crippen LogP contribution in [0, 0.1) is 6.92 Å². The summed E-state index contributed by atoms with van der Waals surface area (Å²) in [6, 6.07) is 14.5. The summed E-state index contributed by atoms with van der Waals surface area (Å²) in [7, 11) is 0. The lowest BCUT2D eigenvalue weighted by Crippen LogP contribution is -2.25. The topological polar surface area (TPSA) is 50.7 Å². The van der Waals surface area contributed by atoms with E-state index in [1.807, 2.05) is 37.3 Å². The van der Waals surface area contributed by atoms with Gasteiger partial charge in [0.05, 0.1) is 5.71 Å². The Kier molecular flexibility index (Phi) is 6.28. The Labute approximate surface area is 161 Å². The van der Waals surface area contributed by atoms with Gasteiger partial charge < -0.3 is 10.2 Å². The second-order valence-corrected chi connectivity index (χ2v) is 7.22. The van der Waals surface area contributed by atoms with Crippen LogP contribution in [0.4, 0.5) is 0 Å². The van der Waals surface area contributed by atoms with E-state index in [2.05, 4.69) is 36.5 Å². The molecule has 0 spiro atoms. The third-order valence-corrected chi connectivity index (χ3v) is 4.82. The molecule has 0 unspecified atom stereocenters. The summed E-state index contributed by atoms with van der Waals surface area (Å²) >= 11 is 0. The molecule has 0 saturated heterocycles. The molecule has 1 amide bonds. The first-order valence-electron chi connectivity index (χ1n) is 9.77. The van der Waals surface area contributed by atoms with Gasteiger partial charge in [-0.1, -0.05) is 48.8 Å². The molecule has 142 valence electrons. The summed E-state index contributed by atoms with van der Waals surface area (Å²) < 4.78 is 0. The zero-order valence-corrected chi connectivity index (χ0v) is 16.4. The standard InChI is InChI=1S/C23H28N2O2/c1-4-5-14-27-25-17(3)18-8-10-19(11-9-18)22-15-20(7-6-16(22)2)23(26)24-21-12-13-21/h6-11,15,21H,4-5,12-14H2,1-3H3,(H,24,26). The quantitative estimate of drug-likeness (QED) is 0.403. The maximum Gasteiger partial charge on any atom is 0.251 e. The number of nitrogens with zero attached hydrogens (tertiary/aromatic N) is 1. The molecule has 0 bridgehead atoms. The minimum absolute atomic E-state index is 0.0163. The average molecular weight is 364 g/mol. The smallest absolute Gasteiger partial charge is 0.251 e. The Morgan fingerprint density at radius 1 is 1.15 bits per heavy atom. The van der Waals surface area contributed by atoms with E-state index in [4.69, 9.17) is 4.84 Å². The van der Waals surface area contributed by atoms with E-state index in [1.165, 1.54) is 0 Å². The van der Waals surface area contributed by atoms with Gasteiger partial charge in [0.2, 0.25) is 0 Å². The number of aryl methyl sites for hydroxylation is 1. The van der Waals surface area contributed by atoms with Gasteiger partial charge in [-0.2, -0.15) is 0 Å². The maximum atomic E-state index is 12.3. The van der Waals surface area contributed by atoms with Crippen molar-refractivity contribution in [2.24, 2.45) is 5.16 Å². The van der Waals surface area contributed by atoms with Gasteiger partial charge in [0.15, 0.2) is 0 Å². The Hall–Kier alpha value is -2.62. The maximum absolute atomic E-state index is 12.3. The number of hydrogen-bond acceptors (Lipinski definition) is 3. The number of oxime groups is 1. The Morgan fingerprint density at radius 3 is 2.52 bits per heavy atom. The molecule has 1 aliphatic carbocycles. The predicted molar refractivity (Wildman–Crippen MR) is 110 cm³/mol. The molecule has 2 aromatic carbocycles. The van der Waals surface area contributed by atoms with Crippen molar-refractivity contribution in [3.8, 4) is 11.1 Å². The van der Waals surface area contributed by atoms with E-state index in [0.717, 1.165) is 53.6 Å². The Balaban J connectivity index is 1.75. The van der Waals surface area contributed by atoms with Gasteiger partial charge >= 0.3 is 0 Å². The molecule has 2 aromatic rings. The Morgan fingerprint density at radius 2 is 1.85 bits per heavy atom. The van der Waals surface area contributed by atoms with Gasteiger partial charge in [-0.3, -0.25) is 4.79 Å². The molecule has 3 rings (SSSR count). The van der Waals surface area contributed by atoms with Crippen molar-refractivity contribution >= 4 is 11.6 Å². The first-order valence-corrected chi connectivity index (χ1v) is 9.77. The van der Waals surface area contributed by atoms with E-state index < -0.39 is 0 Å². The second-order valence-electron chi connectivity index (χ2n) is 7.22. The van der Waals surface area contributed by atoms with Crippen LogP contribution in [0.1, 0.15) is 61.0 Å². The fourth-order valence-electron chi connectivity index (χ4n) is 2.87. The molecule has 4 heteroatoms. The lowest BCUT2D eigenvalue weighted by atomic mass is 9.96. The number of benzene rings is 2. The van der Waals surface area contributed by atoms with Crippen LogP contribution in [0.3, 0.4) is 0 Å². The highest BCUT2D eigenvalue weighted by Crippen LogP contribution is 2.26. The fraction of sp³-hybridized carbons (Fsp3) is 0.391. The van der Waals surface area contributed by atoms with Crippen molar-refractivity contribution in [2.75, 3.05) is 6.61 Å². The molecule has 0 heterocycles. The number of rotatable bonds is 8. The van der Waals surface area contributed by atoms with Gasteiger partial charge in [0.25, 0.3) is 5.91 Å². The van der Waals surface area contributed by atoms with E-state index in [9.17, 15) is 4.79 Å². The summed E-state index contributed by atoms with van der Waals surface area (Å²) in [5.41, 5.74) is 5.95.